The molecule has 0 unspecified atom stereocenters. The van der Waals surface area contributed by atoms with Gasteiger partial charge in [-0.05, 0) is 36.1 Å². The van der Waals surface area contributed by atoms with Crippen LogP contribution in [0.1, 0.15) is 17.5 Å². The molecule has 0 bridgehead atoms. The summed E-state index contributed by atoms with van der Waals surface area (Å²) in [4.78, 5) is 4.45. The van der Waals surface area contributed by atoms with Crippen molar-refractivity contribution < 1.29 is 9.47 Å². The van der Waals surface area contributed by atoms with Gasteiger partial charge < -0.3 is 20.1 Å². The Morgan fingerprint density at radius 3 is 2.74 bits per heavy atom. The summed E-state index contributed by atoms with van der Waals surface area (Å²) in [5.74, 6) is 2.74. The van der Waals surface area contributed by atoms with Gasteiger partial charge in [0.15, 0.2) is 11.5 Å². The Kier molecular flexibility index (Phi) is 5.29. The van der Waals surface area contributed by atoms with E-state index in [-0.39, 0.29) is 6.79 Å². The fourth-order valence-corrected chi connectivity index (χ4v) is 2.85. The number of nitrogens with one attached hydrogen (secondary N) is 2. The molecule has 0 amide bonds. The zero-order valence-electron chi connectivity index (χ0n) is 14.9. The van der Waals surface area contributed by atoms with Gasteiger partial charge in [0.2, 0.25) is 12.7 Å². The van der Waals surface area contributed by atoms with Crippen LogP contribution in [-0.4, -0.2) is 28.5 Å². The van der Waals surface area contributed by atoms with Crippen molar-refractivity contribution in [3.63, 3.8) is 0 Å². The molecule has 138 valence electrons. The summed E-state index contributed by atoms with van der Waals surface area (Å²) in [6, 6.07) is 16.3. The molecule has 0 atom stereocenters. The molecule has 7 heteroatoms. The molecular weight excluding hydrogens is 342 g/mol. The number of hydrogen-bond donors (Lipinski definition) is 2. The number of anilines is 2. The highest BCUT2D eigenvalue weighted by Gasteiger charge is 2.13. The van der Waals surface area contributed by atoms with Crippen LogP contribution in [0.2, 0.25) is 0 Å². The minimum absolute atomic E-state index is 0.275. The van der Waals surface area contributed by atoms with E-state index in [9.17, 15) is 0 Å². The van der Waals surface area contributed by atoms with E-state index < -0.39 is 0 Å². The topological polar surface area (TPSA) is 81.2 Å². The first-order valence-electron chi connectivity index (χ1n) is 8.97. The van der Waals surface area contributed by atoms with Crippen molar-refractivity contribution in [1.29, 1.82) is 0 Å². The average molecular weight is 363 g/mol. The van der Waals surface area contributed by atoms with E-state index in [1.807, 2.05) is 24.3 Å². The number of aryl methyl sites for hydroxylation is 1. The fourth-order valence-electron chi connectivity index (χ4n) is 2.85. The van der Waals surface area contributed by atoms with Crippen molar-refractivity contribution in [2.75, 3.05) is 24.0 Å². The molecule has 0 saturated heterocycles. The maximum absolute atomic E-state index is 5.39. The Morgan fingerprint density at radius 2 is 1.81 bits per heavy atom. The molecule has 0 fully saturated rings. The summed E-state index contributed by atoms with van der Waals surface area (Å²) in [5, 5.41) is 14.5. The maximum atomic E-state index is 5.39. The Hall–Kier alpha value is -3.35. The Balaban J connectivity index is 1.26. The summed E-state index contributed by atoms with van der Waals surface area (Å²) < 4.78 is 10.7. The lowest BCUT2D eigenvalue weighted by Crippen LogP contribution is -2.09. The maximum Gasteiger partial charge on any atom is 0.244 e. The summed E-state index contributed by atoms with van der Waals surface area (Å²) >= 11 is 0. The Bertz CT molecular complexity index is 889. The van der Waals surface area contributed by atoms with Gasteiger partial charge in [-0.1, -0.05) is 36.4 Å². The predicted octanol–water partition coefficient (Wildman–Crippen LogP) is 3.26. The molecule has 27 heavy (non-hydrogen) atoms. The van der Waals surface area contributed by atoms with Crippen LogP contribution in [-0.2, 0) is 13.0 Å². The second kappa shape index (κ2) is 8.35. The molecule has 0 radical (unpaired) electrons. The molecule has 0 spiro atoms. The van der Waals surface area contributed by atoms with Gasteiger partial charge in [-0.3, -0.25) is 0 Å². The third-order valence-electron chi connectivity index (χ3n) is 4.24. The molecule has 0 saturated carbocycles. The number of fused-ring (bicyclic) bond motifs is 1. The van der Waals surface area contributed by atoms with Gasteiger partial charge >= 0.3 is 0 Å². The van der Waals surface area contributed by atoms with Gasteiger partial charge in [0.25, 0.3) is 0 Å². The van der Waals surface area contributed by atoms with Gasteiger partial charge in [-0.2, -0.15) is 10.1 Å². The zero-order chi connectivity index (χ0) is 18.3. The van der Waals surface area contributed by atoms with Crippen molar-refractivity contribution in [3.05, 3.63) is 65.9 Å². The van der Waals surface area contributed by atoms with E-state index in [0.29, 0.717) is 18.3 Å². The summed E-state index contributed by atoms with van der Waals surface area (Å²) in [6.45, 7) is 1.68. The van der Waals surface area contributed by atoms with E-state index in [1.165, 1.54) is 5.56 Å². The highest BCUT2D eigenvalue weighted by atomic mass is 16.7. The van der Waals surface area contributed by atoms with Crippen LogP contribution in [0.4, 0.5) is 11.8 Å². The minimum atomic E-state index is 0.275. The third-order valence-corrected chi connectivity index (χ3v) is 4.24. The number of benzene rings is 2. The molecule has 1 aliphatic heterocycles. The van der Waals surface area contributed by atoms with E-state index in [2.05, 4.69) is 50.1 Å². The van der Waals surface area contributed by atoms with Gasteiger partial charge in [0, 0.05) is 13.1 Å². The monoisotopic (exact) mass is 363 g/mol. The molecule has 2 heterocycles. The van der Waals surface area contributed by atoms with Crippen LogP contribution in [0.3, 0.4) is 0 Å². The van der Waals surface area contributed by atoms with E-state index >= 15 is 0 Å². The van der Waals surface area contributed by atoms with Gasteiger partial charge in [-0.25, -0.2) is 0 Å². The molecule has 4 rings (SSSR count). The molecule has 2 N–H and O–H groups in total. The molecule has 2 aromatic carbocycles. The van der Waals surface area contributed by atoms with Crippen molar-refractivity contribution in [2.45, 2.75) is 19.4 Å². The quantitative estimate of drug-likeness (QED) is 0.595. The van der Waals surface area contributed by atoms with E-state index in [0.717, 1.165) is 36.4 Å². The minimum Gasteiger partial charge on any atom is -0.454 e. The highest BCUT2D eigenvalue weighted by molar-refractivity contribution is 5.45. The first-order valence-corrected chi connectivity index (χ1v) is 8.97. The van der Waals surface area contributed by atoms with Gasteiger partial charge in [0.1, 0.15) is 5.82 Å². The van der Waals surface area contributed by atoms with Gasteiger partial charge in [-0.15, -0.1) is 5.10 Å². The zero-order valence-corrected chi connectivity index (χ0v) is 14.9. The van der Waals surface area contributed by atoms with Crippen LogP contribution in [0, 0.1) is 0 Å². The molecule has 1 aromatic heterocycles. The number of ether oxygens (including phenoxy) is 2. The number of hydrogen-bond acceptors (Lipinski definition) is 7. The molecule has 7 nitrogen and oxygen atoms in total. The molecule has 0 aliphatic carbocycles. The van der Waals surface area contributed by atoms with Crippen molar-refractivity contribution in [3.8, 4) is 11.5 Å². The third kappa shape index (κ3) is 4.63. The summed E-state index contributed by atoms with van der Waals surface area (Å²) in [5.41, 5.74) is 2.40. The van der Waals surface area contributed by atoms with Crippen LogP contribution in [0.5, 0.6) is 11.5 Å². The summed E-state index contributed by atoms with van der Waals surface area (Å²) in [6.07, 6.45) is 3.68. The van der Waals surface area contributed by atoms with Gasteiger partial charge in [0.05, 0.1) is 6.20 Å². The average Bonchev–Trinajstić information content (AvgIpc) is 3.19. The van der Waals surface area contributed by atoms with Crippen molar-refractivity contribution >= 4 is 11.8 Å². The lowest BCUT2D eigenvalue weighted by molar-refractivity contribution is 0.174. The van der Waals surface area contributed by atoms with Crippen LogP contribution in [0.25, 0.3) is 0 Å². The molecule has 1 aliphatic rings. The summed E-state index contributed by atoms with van der Waals surface area (Å²) in [7, 11) is 0. The molecular formula is C20H21N5O2. The SMILES string of the molecule is c1ccc(CCCNc2cnnc(NCc3ccc4c(c3)OCO4)n2)cc1. The normalized spacial score (nSPS) is 12.0. The Morgan fingerprint density at radius 1 is 0.926 bits per heavy atom. The number of rotatable bonds is 8. The van der Waals surface area contributed by atoms with Crippen molar-refractivity contribution in [1.82, 2.24) is 15.2 Å². The van der Waals surface area contributed by atoms with E-state index in [1.54, 1.807) is 6.20 Å². The fraction of sp³-hybridized carbons (Fsp3) is 0.250. The smallest absolute Gasteiger partial charge is 0.244 e. The lowest BCUT2D eigenvalue weighted by atomic mass is 10.1. The second-order valence-corrected chi connectivity index (χ2v) is 6.22. The van der Waals surface area contributed by atoms with E-state index in [4.69, 9.17) is 9.47 Å². The van der Waals surface area contributed by atoms with Crippen LogP contribution in [0.15, 0.2) is 54.7 Å². The Labute approximate surface area is 157 Å². The van der Waals surface area contributed by atoms with Crippen LogP contribution >= 0.6 is 0 Å². The first kappa shape index (κ1) is 17.1. The largest absolute Gasteiger partial charge is 0.454 e. The number of nitrogens with zero attached hydrogens (tertiary/aromatic N) is 3. The van der Waals surface area contributed by atoms with Crippen LogP contribution < -0.4 is 20.1 Å². The molecule has 3 aromatic rings. The predicted molar refractivity (Wildman–Crippen MR) is 103 cm³/mol. The standard InChI is InChI=1S/C20H21N5O2/c1-2-5-15(6-3-1)7-4-10-21-19-13-23-25-20(24-19)22-12-16-8-9-17-18(11-16)27-14-26-17/h1-3,5-6,8-9,11,13H,4,7,10,12,14H2,(H2,21,22,24,25). The lowest BCUT2D eigenvalue weighted by Gasteiger charge is -2.08. The number of aromatic nitrogens is 3. The highest BCUT2D eigenvalue weighted by Crippen LogP contribution is 2.32. The first-order chi connectivity index (χ1) is 13.4. The second-order valence-electron chi connectivity index (χ2n) is 6.22. The van der Waals surface area contributed by atoms with Crippen molar-refractivity contribution in [2.24, 2.45) is 0 Å².